The predicted octanol–water partition coefficient (Wildman–Crippen LogP) is 5.02. The summed E-state index contributed by atoms with van der Waals surface area (Å²) in [5.41, 5.74) is 1.79. The Morgan fingerprint density at radius 3 is 2.37 bits per heavy atom. The molecule has 0 unspecified atom stereocenters. The summed E-state index contributed by atoms with van der Waals surface area (Å²) in [5.74, 6) is -0.0863. The van der Waals surface area contributed by atoms with E-state index in [4.69, 9.17) is 12.2 Å². The highest BCUT2D eigenvalue weighted by Gasteiger charge is 2.33. The Bertz CT molecular complexity index is 839. The molecule has 0 bridgehead atoms. The number of ether oxygens (including phenoxy) is 1. The van der Waals surface area contributed by atoms with E-state index in [2.05, 4.69) is 20.6 Å². The van der Waals surface area contributed by atoms with Gasteiger partial charge in [-0.05, 0) is 43.4 Å². The van der Waals surface area contributed by atoms with Gasteiger partial charge in [-0.1, -0.05) is 24.3 Å². The maximum atomic E-state index is 13.0. The van der Waals surface area contributed by atoms with Gasteiger partial charge in [-0.3, -0.25) is 5.43 Å². The van der Waals surface area contributed by atoms with E-state index in [9.17, 15) is 22.0 Å². The molecule has 0 spiro atoms. The highest BCUT2D eigenvalue weighted by atomic mass is 32.1. The molecule has 0 saturated carbocycles. The van der Waals surface area contributed by atoms with Crippen molar-refractivity contribution in [3.63, 3.8) is 0 Å². The second kappa shape index (κ2) is 8.76. The zero-order valence-corrected chi connectivity index (χ0v) is 14.7. The third-order valence-electron chi connectivity index (χ3n) is 3.30. The van der Waals surface area contributed by atoms with Crippen molar-refractivity contribution in [2.24, 2.45) is 5.10 Å². The third-order valence-corrected chi connectivity index (χ3v) is 3.49. The molecule has 0 aliphatic rings. The molecule has 144 valence electrons. The number of alkyl halides is 5. The second-order valence-electron chi connectivity index (χ2n) is 5.18. The lowest BCUT2D eigenvalue weighted by atomic mass is 10.1. The van der Waals surface area contributed by atoms with Crippen molar-refractivity contribution in [3.8, 4) is 5.75 Å². The van der Waals surface area contributed by atoms with Crippen molar-refractivity contribution in [2.45, 2.75) is 19.7 Å². The van der Waals surface area contributed by atoms with Gasteiger partial charge in [-0.25, -0.2) is 0 Å². The zero-order chi connectivity index (χ0) is 20.0. The first kappa shape index (κ1) is 20.6. The van der Waals surface area contributed by atoms with E-state index in [1.165, 1.54) is 43.3 Å². The zero-order valence-electron chi connectivity index (χ0n) is 13.8. The number of nitrogens with zero attached hydrogens (tertiary/aromatic N) is 1. The number of benzene rings is 2. The predicted molar refractivity (Wildman–Crippen MR) is 96.1 cm³/mol. The minimum Gasteiger partial charge on any atom is -0.434 e. The summed E-state index contributed by atoms with van der Waals surface area (Å²) in [6, 6.07) is 10.8. The first-order valence-electron chi connectivity index (χ1n) is 7.50. The fraction of sp³-hybridized carbons (Fsp3) is 0.176. The van der Waals surface area contributed by atoms with Gasteiger partial charge in [0.1, 0.15) is 5.75 Å². The summed E-state index contributed by atoms with van der Waals surface area (Å²) in [7, 11) is 0. The van der Waals surface area contributed by atoms with Crippen molar-refractivity contribution in [2.75, 3.05) is 5.32 Å². The van der Waals surface area contributed by atoms with Crippen LogP contribution in [0.5, 0.6) is 5.75 Å². The maximum absolute atomic E-state index is 13.0. The number of hydrogen-bond donors (Lipinski definition) is 2. The summed E-state index contributed by atoms with van der Waals surface area (Å²) in [6.07, 6.45) is -4.55. The molecule has 0 radical (unpaired) electrons. The molecule has 0 amide bonds. The summed E-state index contributed by atoms with van der Waals surface area (Å²) in [6.45, 7) is -1.50. The molecule has 0 heterocycles. The molecule has 10 heteroatoms. The van der Waals surface area contributed by atoms with Gasteiger partial charge in [0, 0.05) is 5.56 Å². The maximum Gasteiger partial charge on any atom is 0.418 e. The van der Waals surface area contributed by atoms with Crippen LogP contribution in [0.2, 0.25) is 0 Å². The van der Waals surface area contributed by atoms with Crippen molar-refractivity contribution < 1.29 is 26.7 Å². The second-order valence-corrected chi connectivity index (χ2v) is 5.59. The van der Waals surface area contributed by atoms with Gasteiger partial charge in [-0.15, -0.1) is 0 Å². The Morgan fingerprint density at radius 1 is 1.07 bits per heavy atom. The van der Waals surface area contributed by atoms with Gasteiger partial charge in [0.25, 0.3) is 0 Å². The van der Waals surface area contributed by atoms with E-state index in [0.717, 1.165) is 6.07 Å². The summed E-state index contributed by atoms with van der Waals surface area (Å²) >= 11 is 4.94. The Labute approximate surface area is 157 Å². The number of hydrogen-bond acceptors (Lipinski definition) is 3. The molecule has 0 fully saturated rings. The molecule has 0 aliphatic heterocycles. The fourth-order valence-corrected chi connectivity index (χ4v) is 2.30. The standard InChI is InChI=1S/C17H14F5N3OS/c1-10(11-6-2-5-9-14(11)26-15(18)19)24-25-16(27)23-13-8-4-3-7-12(13)17(20,21)22/h2-9,15H,1H3,(H2,23,25,27)/b24-10-. The summed E-state index contributed by atoms with van der Waals surface area (Å²) < 4.78 is 68.2. The number of hydrazone groups is 1. The van der Waals surface area contributed by atoms with E-state index in [0.29, 0.717) is 0 Å². The topological polar surface area (TPSA) is 45.7 Å². The number of thiocarbonyl (C=S) groups is 1. The molecular formula is C17H14F5N3OS. The SMILES string of the molecule is C/C(=N/NC(=S)Nc1ccccc1C(F)(F)F)c1ccccc1OC(F)F. The molecule has 0 aromatic heterocycles. The molecule has 4 nitrogen and oxygen atoms in total. The molecule has 27 heavy (non-hydrogen) atoms. The van der Waals surface area contributed by atoms with Crippen molar-refractivity contribution >= 4 is 28.7 Å². The molecule has 0 saturated heterocycles. The lowest BCUT2D eigenvalue weighted by Crippen LogP contribution is -2.26. The third kappa shape index (κ3) is 5.88. The average molecular weight is 403 g/mol. The fourth-order valence-electron chi connectivity index (χ4n) is 2.15. The summed E-state index contributed by atoms with van der Waals surface area (Å²) in [5, 5.41) is 6.12. The Kier molecular flexibility index (Phi) is 6.67. The van der Waals surface area contributed by atoms with E-state index in [1.54, 1.807) is 6.07 Å². The minimum atomic E-state index is -4.55. The first-order chi connectivity index (χ1) is 12.7. The average Bonchev–Trinajstić information content (AvgIpc) is 2.59. The molecule has 0 aliphatic carbocycles. The number of rotatable bonds is 5. The van der Waals surface area contributed by atoms with Crippen molar-refractivity contribution in [3.05, 3.63) is 59.7 Å². The van der Waals surface area contributed by atoms with Crippen molar-refractivity contribution in [1.29, 1.82) is 0 Å². The molecule has 0 atom stereocenters. The molecule has 2 N–H and O–H groups in total. The first-order valence-corrected chi connectivity index (χ1v) is 7.91. The Hall–Kier alpha value is -2.75. The monoisotopic (exact) mass is 403 g/mol. The molecule has 2 aromatic carbocycles. The van der Waals surface area contributed by atoms with E-state index >= 15 is 0 Å². The van der Waals surface area contributed by atoms with Crippen LogP contribution in [0.25, 0.3) is 0 Å². The smallest absolute Gasteiger partial charge is 0.418 e. The molecule has 2 rings (SSSR count). The van der Waals surface area contributed by atoms with Crippen LogP contribution in [-0.4, -0.2) is 17.4 Å². The van der Waals surface area contributed by atoms with Crippen LogP contribution in [0.3, 0.4) is 0 Å². The van der Waals surface area contributed by atoms with Crippen LogP contribution in [0.15, 0.2) is 53.6 Å². The minimum absolute atomic E-state index is 0.0863. The largest absolute Gasteiger partial charge is 0.434 e. The summed E-state index contributed by atoms with van der Waals surface area (Å²) in [4.78, 5) is 0. The van der Waals surface area contributed by atoms with Crippen LogP contribution in [0.1, 0.15) is 18.1 Å². The van der Waals surface area contributed by atoms with E-state index in [1.807, 2.05) is 0 Å². The lowest BCUT2D eigenvalue weighted by molar-refractivity contribution is -0.136. The van der Waals surface area contributed by atoms with Gasteiger partial charge < -0.3 is 10.1 Å². The van der Waals surface area contributed by atoms with Crippen LogP contribution in [-0.2, 0) is 6.18 Å². The molecule has 2 aromatic rings. The highest BCUT2D eigenvalue weighted by Crippen LogP contribution is 2.34. The van der Waals surface area contributed by atoms with Crippen LogP contribution in [0, 0.1) is 0 Å². The quantitative estimate of drug-likeness (QED) is 0.319. The van der Waals surface area contributed by atoms with Crippen LogP contribution in [0.4, 0.5) is 27.6 Å². The number of nitrogens with one attached hydrogen (secondary N) is 2. The van der Waals surface area contributed by atoms with Gasteiger partial charge in [0.2, 0.25) is 0 Å². The van der Waals surface area contributed by atoms with Gasteiger partial charge in [0.15, 0.2) is 5.11 Å². The van der Waals surface area contributed by atoms with Crippen molar-refractivity contribution in [1.82, 2.24) is 5.43 Å². The van der Waals surface area contributed by atoms with E-state index in [-0.39, 0.29) is 27.8 Å². The lowest BCUT2D eigenvalue weighted by Gasteiger charge is -2.15. The highest BCUT2D eigenvalue weighted by molar-refractivity contribution is 7.80. The number of halogens is 5. The number of anilines is 1. The van der Waals surface area contributed by atoms with E-state index < -0.39 is 18.4 Å². The van der Waals surface area contributed by atoms with Crippen LogP contribution < -0.4 is 15.5 Å². The van der Waals surface area contributed by atoms with Gasteiger partial charge >= 0.3 is 12.8 Å². The van der Waals surface area contributed by atoms with Gasteiger partial charge in [0.05, 0.1) is 17.0 Å². The normalized spacial score (nSPS) is 12.0. The molecular weight excluding hydrogens is 389 g/mol. The van der Waals surface area contributed by atoms with Gasteiger partial charge in [-0.2, -0.15) is 27.1 Å². The van der Waals surface area contributed by atoms with Crippen LogP contribution >= 0.6 is 12.2 Å². The Morgan fingerprint density at radius 2 is 1.70 bits per heavy atom. The Balaban J connectivity index is 2.12. The number of para-hydroxylation sites is 2.